The van der Waals surface area contributed by atoms with Gasteiger partial charge in [0.25, 0.3) is 0 Å². The molecule has 0 radical (unpaired) electrons. The van der Waals surface area contributed by atoms with E-state index in [4.69, 9.17) is 20.3 Å². The summed E-state index contributed by atoms with van der Waals surface area (Å²) in [4.78, 5) is 11.7. The molecule has 0 saturated heterocycles. The number of hydrogen-bond donors (Lipinski definition) is 3. The number of carbonyl (C=O) groups excluding carboxylic acids is 1. The van der Waals surface area contributed by atoms with Crippen LogP contribution in [0.4, 0.5) is 10.5 Å². The van der Waals surface area contributed by atoms with Crippen molar-refractivity contribution in [2.24, 2.45) is 5.73 Å². The maximum absolute atomic E-state index is 11.7. The van der Waals surface area contributed by atoms with Crippen LogP contribution in [0.2, 0.25) is 0 Å². The smallest absolute Gasteiger partial charge is 0.412 e. The number of nitrogens with one attached hydrogen (secondary N) is 1. The van der Waals surface area contributed by atoms with Crippen molar-refractivity contribution in [1.82, 2.24) is 0 Å². The van der Waals surface area contributed by atoms with Crippen molar-refractivity contribution in [2.75, 3.05) is 19.0 Å². The van der Waals surface area contributed by atoms with Crippen LogP contribution in [0.1, 0.15) is 32.4 Å². The Kier molecular flexibility index (Phi) is 5.35. The fourth-order valence-corrected chi connectivity index (χ4v) is 1.62. The number of benzene rings is 1. The van der Waals surface area contributed by atoms with Crippen LogP contribution in [-0.4, -0.2) is 30.5 Å². The van der Waals surface area contributed by atoms with Crippen LogP contribution in [0.25, 0.3) is 0 Å². The first-order valence-electron chi connectivity index (χ1n) is 6.31. The molecular weight excluding hydrogens is 260 g/mol. The lowest BCUT2D eigenvalue weighted by molar-refractivity contribution is 0.0636. The fourth-order valence-electron chi connectivity index (χ4n) is 1.62. The van der Waals surface area contributed by atoms with E-state index >= 15 is 0 Å². The second kappa shape index (κ2) is 6.58. The van der Waals surface area contributed by atoms with Crippen molar-refractivity contribution < 1.29 is 19.4 Å². The van der Waals surface area contributed by atoms with Gasteiger partial charge in [0.05, 0.1) is 19.8 Å². The van der Waals surface area contributed by atoms with Gasteiger partial charge in [0, 0.05) is 11.3 Å². The van der Waals surface area contributed by atoms with Gasteiger partial charge in [-0.1, -0.05) is 0 Å². The second-order valence-corrected chi connectivity index (χ2v) is 5.37. The summed E-state index contributed by atoms with van der Waals surface area (Å²) in [7, 11) is 1.52. The summed E-state index contributed by atoms with van der Waals surface area (Å²) in [5.41, 5.74) is 6.37. The summed E-state index contributed by atoms with van der Waals surface area (Å²) in [5, 5.41) is 11.8. The van der Waals surface area contributed by atoms with E-state index in [9.17, 15) is 4.79 Å². The standard InChI is InChI=1S/C14H22N2O4/c1-14(2,3)20-13(18)16-9-5-6-12(19-4)10(7-9)11(15)8-17/h5-7,11,17H,8,15H2,1-4H3,(H,16,18)/t11-/m1/s1. The third-order valence-electron chi connectivity index (χ3n) is 2.47. The average Bonchev–Trinajstić information content (AvgIpc) is 2.35. The average molecular weight is 282 g/mol. The van der Waals surface area contributed by atoms with E-state index in [1.807, 2.05) is 0 Å². The molecule has 1 aromatic rings. The molecule has 20 heavy (non-hydrogen) atoms. The van der Waals surface area contributed by atoms with Gasteiger partial charge in [-0.15, -0.1) is 0 Å². The monoisotopic (exact) mass is 282 g/mol. The Balaban J connectivity index is 2.89. The highest BCUT2D eigenvalue weighted by molar-refractivity contribution is 5.85. The zero-order valence-corrected chi connectivity index (χ0v) is 12.3. The maximum atomic E-state index is 11.7. The molecule has 0 bridgehead atoms. The minimum absolute atomic E-state index is 0.216. The zero-order valence-electron chi connectivity index (χ0n) is 12.3. The Morgan fingerprint density at radius 1 is 1.45 bits per heavy atom. The Morgan fingerprint density at radius 2 is 2.10 bits per heavy atom. The number of aliphatic hydroxyl groups is 1. The molecule has 0 aromatic heterocycles. The number of ether oxygens (including phenoxy) is 2. The number of hydrogen-bond acceptors (Lipinski definition) is 5. The molecule has 1 rings (SSSR count). The molecule has 0 aliphatic carbocycles. The first kappa shape index (κ1) is 16.3. The lowest BCUT2D eigenvalue weighted by Gasteiger charge is -2.20. The molecule has 6 nitrogen and oxygen atoms in total. The predicted molar refractivity (Wildman–Crippen MR) is 76.9 cm³/mol. The minimum atomic E-state index is -0.578. The van der Waals surface area contributed by atoms with Crippen LogP contribution in [0, 0.1) is 0 Å². The third-order valence-corrected chi connectivity index (χ3v) is 2.47. The van der Waals surface area contributed by atoms with E-state index in [1.54, 1.807) is 39.0 Å². The molecule has 1 amide bonds. The molecule has 0 aliphatic rings. The maximum Gasteiger partial charge on any atom is 0.412 e. The first-order chi connectivity index (χ1) is 9.26. The summed E-state index contributed by atoms with van der Waals surface area (Å²) in [6.07, 6.45) is -0.550. The van der Waals surface area contributed by atoms with Crippen LogP contribution in [0.3, 0.4) is 0 Å². The Morgan fingerprint density at radius 3 is 2.60 bits per heavy atom. The summed E-state index contributed by atoms with van der Waals surface area (Å²) < 4.78 is 10.3. The highest BCUT2D eigenvalue weighted by Gasteiger charge is 2.17. The van der Waals surface area contributed by atoms with Crippen LogP contribution >= 0.6 is 0 Å². The zero-order chi connectivity index (χ0) is 15.3. The van der Waals surface area contributed by atoms with Crippen molar-refractivity contribution in [3.63, 3.8) is 0 Å². The Bertz CT molecular complexity index is 469. The number of aliphatic hydroxyl groups excluding tert-OH is 1. The van der Waals surface area contributed by atoms with Gasteiger partial charge < -0.3 is 20.3 Å². The largest absolute Gasteiger partial charge is 0.496 e. The summed E-state index contributed by atoms with van der Waals surface area (Å²) in [6.45, 7) is 5.14. The molecular formula is C14H22N2O4. The van der Waals surface area contributed by atoms with E-state index in [0.29, 0.717) is 17.0 Å². The van der Waals surface area contributed by atoms with Gasteiger partial charge in [-0.3, -0.25) is 5.32 Å². The van der Waals surface area contributed by atoms with E-state index in [2.05, 4.69) is 5.32 Å². The summed E-state index contributed by atoms with van der Waals surface area (Å²) in [6, 6.07) is 4.43. The van der Waals surface area contributed by atoms with Crippen molar-refractivity contribution in [3.8, 4) is 5.75 Å². The van der Waals surface area contributed by atoms with Gasteiger partial charge in [-0.25, -0.2) is 4.79 Å². The third kappa shape index (κ3) is 4.71. The number of carbonyl (C=O) groups is 1. The fraction of sp³-hybridized carbons (Fsp3) is 0.500. The topological polar surface area (TPSA) is 93.8 Å². The highest BCUT2D eigenvalue weighted by atomic mass is 16.6. The van der Waals surface area contributed by atoms with Crippen LogP contribution in [0.15, 0.2) is 18.2 Å². The number of amides is 1. The summed E-state index contributed by atoms with van der Waals surface area (Å²) in [5.74, 6) is 0.557. The highest BCUT2D eigenvalue weighted by Crippen LogP contribution is 2.27. The van der Waals surface area contributed by atoms with Gasteiger partial charge in [-0.2, -0.15) is 0 Å². The summed E-state index contributed by atoms with van der Waals surface area (Å²) >= 11 is 0. The molecule has 0 saturated carbocycles. The second-order valence-electron chi connectivity index (χ2n) is 5.37. The van der Waals surface area contributed by atoms with Gasteiger partial charge >= 0.3 is 6.09 Å². The van der Waals surface area contributed by atoms with Crippen molar-refractivity contribution in [1.29, 1.82) is 0 Å². The van der Waals surface area contributed by atoms with Crippen molar-refractivity contribution >= 4 is 11.8 Å². The molecule has 0 heterocycles. The molecule has 1 aromatic carbocycles. The predicted octanol–water partition coefficient (Wildman–Crippen LogP) is 2.03. The number of rotatable bonds is 4. The molecule has 4 N–H and O–H groups in total. The molecule has 0 spiro atoms. The van der Waals surface area contributed by atoms with Crippen LogP contribution in [-0.2, 0) is 4.74 Å². The number of anilines is 1. The van der Waals surface area contributed by atoms with Gasteiger partial charge in [0.1, 0.15) is 11.4 Å². The minimum Gasteiger partial charge on any atom is -0.496 e. The van der Waals surface area contributed by atoms with Gasteiger partial charge in [0.15, 0.2) is 0 Å². The van der Waals surface area contributed by atoms with Crippen LogP contribution < -0.4 is 15.8 Å². The molecule has 112 valence electrons. The van der Waals surface area contributed by atoms with E-state index in [0.717, 1.165) is 0 Å². The molecule has 0 aliphatic heterocycles. The molecule has 6 heteroatoms. The van der Waals surface area contributed by atoms with E-state index < -0.39 is 17.7 Å². The lowest BCUT2D eigenvalue weighted by Crippen LogP contribution is -2.27. The van der Waals surface area contributed by atoms with Crippen molar-refractivity contribution in [2.45, 2.75) is 32.4 Å². The normalized spacial score (nSPS) is 12.7. The SMILES string of the molecule is COc1ccc(NC(=O)OC(C)(C)C)cc1[C@H](N)CO. The van der Waals surface area contributed by atoms with Crippen LogP contribution in [0.5, 0.6) is 5.75 Å². The van der Waals surface area contributed by atoms with Gasteiger partial charge in [-0.05, 0) is 39.0 Å². The molecule has 0 unspecified atom stereocenters. The number of nitrogens with two attached hydrogens (primary N) is 1. The van der Waals surface area contributed by atoms with E-state index in [-0.39, 0.29) is 6.61 Å². The lowest BCUT2D eigenvalue weighted by atomic mass is 10.1. The Labute approximate surface area is 118 Å². The molecule has 1 atom stereocenters. The van der Waals surface area contributed by atoms with Gasteiger partial charge in [0.2, 0.25) is 0 Å². The first-order valence-corrected chi connectivity index (χ1v) is 6.31. The van der Waals surface area contributed by atoms with Crippen molar-refractivity contribution in [3.05, 3.63) is 23.8 Å². The Hall–Kier alpha value is -1.79. The van der Waals surface area contributed by atoms with E-state index in [1.165, 1.54) is 7.11 Å². The quantitative estimate of drug-likeness (QED) is 0.785. The molecule has 0 fully saturated rings. The number of methoxy groups -OCH3 is 1.